The van der Waals surface area contributed by atoms with Crippen molar-refractivity contribution in [3.8, 4) is 0 Å². The third kappa shape index (κ3) is 3.69. The van der Waals surface area contributed by atoms with Gasteiger partial charge in [-0.2, -0.15) is 0 Å². The first-order valence-electron chi connectivity index (χ1n) is 6.95. The Balaban J connectivity index is 3.04. The summed E-state index contributed by atoms with van der Waals surface area (Å²) in [6, 6.07) is 8.75. The van der Waals surface area contributed by atoms with Crippen molar-refractivity contribution in [1.82, 2.24) is 0 Å². The summed E-state index contributed by atoms with van der Waals surface area (Å²) in [5.74, 6) is 0.904. The molecule has 0 N–H and O–H groups in total. The van der Waals surface area contributed by atoms with Crippen molar-refractivity contribution in [3.63, 3.8) is 0 Å². The van der Waals surface area contributed by atoms with E-state index < -0.39 is 0 Å². The van der Waals surface area contributed by atoms with Crippen LogP contribution >= 0.6 is 0 Å². The van der Waals surface area contributed by atoms with E-state index in [0.717, 1.165) is 19.1 Å². The first-order chi connectivity index (χ1) is 8.40. The first kappa shape index (κ1) is 14.9. The van der Waals surface area contributed by atoms with Gasteiger partial charge in [-0.15, -0.1) is 0 Å². The molecule has 1 aromatic carbocycles. The van der Waals surface area contributed by atoms with Gasteiger partial charge in [0.25, 0.3) is 0 Å². The number of hydrogen-bond donors (Lipinski definition) is 0. The molecule has 1 unspecified atom stereocenters. The zero-order valence-corrected chi connectivity index (χ0v) is 12.4. The van der Waals surface area contributed by atoms with E-state index in [-0.39, 0.29) is 5.41 Å². The molecule has 0 saturated heterocycles. The summed E-state index contributed by atoms with van der Waals surface area (Å²) in [6.45, 7) is 10.7. The first-order valence-corrected chi connectivity index (χ1v) is 6.95. The minimum atomic E-state index is -0.294. The molecule has 18 heavy (non-hydrogen) atoms. The lowest BCUT2D eigenvalue weighted by atomic mass is 9.72. The van der Waals surface area contributed by atoms with Gasteiger partial charge in [0.15, 0.2) is 0 Å². The quantitative estimate of drug-likeness (QED) is 0.670. The maximum absolute atomic E-state index is 11.3. The maximum Gasteiger partial charge on any atom is 0.126 e. The minimum absolute atomic E-state index is 0.294. The minimum Gasteiger partial charge on any atom is -0.303 e. The summed E-state index contributed by atoms with van der Waals surface area (Å²) in [5, 5.41) is 0. The van der Waals surface area contributed by atoms with E-state index >= 15 is 0 Å². The number of carbonyl (C=O) groups excluding carboxylic acids is 1. The van der Waals surface area contributed by atoms with Crippen molar-refractivity contribution >= 4 is 6.29 Å². The van der Waals surface area contributed by atoms with Crippen molar-refractivity contribution in [2.24, 2.45) is 11.3 Å². The third-order valence-corrected chi connectivity index (χ3v) is 3.70. The molecule has 0 aliphatic rings. The Morgan fingerprint density at radius 1 is 1.17 bits per heavy atom. The molecular formula is C17H26O. The Hall–Kier alpha value is -1.11. The van der Waals surface area contributed by atoms with E-state index in [0.29, 0.717) is 11.8 Å². The van der Waals surface area contributed by atoms with Crippen LogP contribution in [0.25, 0.3) is 0 Å². The Bertz CT molecular complexity index is 373. The number of aldehydes is 1. The van der Waals surface area contributed by atoms with Gasteiger partial charge in [0.05, 0.1) is 0 Å². The van der Waals surface area contributed by atoms with Gasteiger partial charge < -0.3 is 4.79 Å². The molecule has 1 nitrogen and oxygen atoms in total. The molecule has 1 heteroatoms. The number of rotatable bonds is 6. The summed E-state index contributed by atoms with van der Waals surface area (Å²) in [5.41, 5.74) is 2.35. The van der Waals surface area contributed by atoms with Crippen LogP contribution in [0.4, 0.5) is 0 Å². The van der Waals surface area contributed by atoms with Crippen molar-refractivity contribution < 1.29 is 4.79 Å². The standard InChI is InChI=1S/C17H26O/c1-6-14-7-9-15(10-8-14)16(11-13(2)3)17(4,5)12-18/h7-10,12-13,16H,6,11H2,1-5H3. The van der Waals surface area contributed by atoms with E-state index in [1.165, 1.54) is 11.1 Å². The highest BCUT2D eigenvalue weighted by Gasteiger charge is 2.30. The van der Waals surface area contributed by atoms with E-state index in [4.69, 9.17) is 0 Å². The second kappa shape index (κ2) is 6.17. The molecule has 1 rings (SSSR count). The molecule has 0 saturated carbocycles. The molecule has 100 valence electrons. The van der Waals surface area contributed by atoms with Crippen molar-refractivity contribution in [3.05, 3.63) is 35.4 Å². The molecule has 0 spiro atoms. The van der Waals surface area contributed by atoms with Crippen LogP contribution < -0.4 is 0 Å². The van der Waals surface area contributed by atoms with Gasteiger partial charge in [0.2, 0.25) is 0 Å². The lowest BCUT2D eigenvalue weighted by Gasteiger charge is -2.31. The topological polar surface area (TPSA) is 17.1 Å². The number of carbonyl (C=O) groups is 1. The zero-order chi connectivity index (χ0) is 13.8. The average molecular weight is 246 g/mol. The average Bonchev–Trinajstić information content (AvgIpc) is 2.36. The van der Waals surface area contributed by atoms with Gasteiger partial charge in [-0.05, 0) is 35.8 Å². The van der Waals surface area contributed by atoms with Crippen LogP contribution in [0.5, 0.6) is 0 Å². The summed E-state index contributed by atoms with van der Waals surface area (Å²) in [6.07, 6.45) is 3.22. The third-order valence-electron chi connectivity index (χ3n) is 3.70. The fourth-order valence-corrected chi connectivity index (χ4v) is 2.41. The number of benzene rings is 1. The second-order valence-corrected chi connectivity index (χ2v) is 6.22. The Morgan fingerprint density at radius 2 is 1.72 bits per heavy atom. The van der Waals surface area contributed by atoms with Crippen LogP contribution in [0.15, 0.2) is 24.3 Å². The van der Waals surface area contributed by atoms with Gasteiger partial charge >= 0.3 is 0 Å². The molecule has 0 bridgehead atoms. The molecule has 0 amide bonds. The van der Waals surface area contributed by atoms with Gasteiger partial charge in [-0.3, -0.25) is 0 Å². The predicted octanol–water partition coefficient (Wildman–Crippen LogP) is 4.60. The van der Waals surface area contributed by atoms with Gasteiger partial charge in [-0.1, -0.05) is 58.9 Å². The van der Waals surface area contributed by atoms with Crippen molar-refractivity contribution in [2.45, 2.75) is 53.4 Å². The molecule has 0 fully saturated rings. The smallest absolute Gasteiger partial charge is 0.126 e. The lowest BCUT2D eigenvalue weighted by molar-refractivity contribution is -0.115. The van der Waals surface area contributed by atoms with Crippen LogP contribution in [-0.2, 0) is 11.2 Å². The number of aryl methyl sites for hydroxylation is 1. The van der Waals surface area contributed by atoms with Crippen LogP contribution in [-0.4, -0.2) is 6.29 Å². The van der Waals surface area contributed by atoms with Crippen molar-refractivity contribution in [1.29, 1.82) is 0 Å². The molecule has 0 aliphatic carbocycles. The highest BCUT2D eigenvalue weighted by Crippen LogP contribution is 2.38. The maximum atomic E-state index is 11.3. The summed E-state index contributed by atoms with van der Waals surface area (Å²) in [7, 11) is 0. The summed E-state index contributed by atoms with van der Waals surface area (Å²) in [4.78, 5) is 11.3. The highest BCUT2D eigenvalue weighted by molar-refractivity contribution is 5.60. The molecule has 0 aromatic heterocycles. The van der Waals surface area contributed by atoms with Gasteiger partial charge in [0.1, 0.15) is 6.29 Å². The highest BCUT2D eigenvalue weighted by atomic mass is 16.1. The van der Waals surface area contributed by atoms with Crippen LogP contribution in [0.1, 0.15) is 58.1 Å². The molecular weight excluding hydrogens is 220 g/mol. The van der Waals surface area contributed by atoms with Crippen molar-refractivity contribution in [2.75, 3.05) is 0 Å². The molecule has 1 aromatic rings. The monoisotopic (exact) mass is 246 g/mol. The van der Waals surface area contributed by atoms with E-state index in [1.54, 1.807) is 0 Å². The number of hydrogen-bond acceptors (Lipinski definition) is 1. The van der Waals surface area contributed by atoms with Crippen LogP contribution in [0.3, 0.4) is 0 Å². The second-order valence-electron chi connectivity index (χ2n) is 6.22. The van der Waals surface area contributed by atoms with E-state index in [1.807, 2.05) is 13.8 Å². The Morgan fingerprint density at radius 3 is 2.11 bits per heavy atom. The largest absolute Gasteiger partial charge is 0.303 e. The predicted molar refractivity (Wildman–Crippen MR) is 77.9 cm³/mol. The normalized spacial score (nSPS) is 13.7. The van der Waals surface area contributed by atoms with Crippen LogP contribution in [0.2, 0.25) is 0 Å². The van der Waals surface area contributed by atoms with Gasteiger partial charge in [0, 0.05) is 5.41 Å². The summed E-state index contributed by atoms with van der Waals surface area (Å²) < 4.78 is 0. The molecule has 1 atom stereocenters. The van der Waals surface area contributed by atoms with Crippen LogP contribution in [0, 0.1) is 11.3 Å². The molecule has 0 radical (unpaired) electrons. The van der Waals surface area contributed by atoms with E-state index in [9.17, 15) is 4.79 Å². The Labute approximate surface area is 112 Å². The fraction of sp³-hybridized carbons (Fsp3) is 0.588. The fourth-order valence-electron chi connectivity index (χ4n) is 2.41. The van der Waals surface area contributed by atoms with E-state index in [2.05, 4.69) is 45.0 Å². The Kier molecular flexibility index (Phi) is 5.13. The molecule has 0 heterocycles. The summed E-state index contributed by atoms with van der Waals surface area (Å²) >= 11 is 0. The zero-order valence-electron chi connectivity index (χ0n) is 12.4. The lowest BCUT2D eigenvalue weighted by Crippen LogP contribution is -2.25. The molecule has 0 aliphatic heterocycles. The SMILES string of the molecule is CCc1ccc(C(CC(C)C)C(C)(C)C=O)cc1. The van der Waals surface area contributed by atoms with Gasteiger partial charge in [-0.25, -0.2) is 0 Å².